The zero-order valence-corrected chi connectivity index (χ0v) is 6.99. The Hall–Kier alpha value is -0.810. The summed E-state index contributed by atoms with van der Waals surface area (Å²) < 4.78 is 14.7. The maximum Gasteiger partial charge on any atom is 0.404 e. The number of rotatable bonds is 5. The van der Waals surface area contributed by atoms with Crippen molar-refractivity contribution >= 4 is 6.09 Å². The zero-order chi connectivity index (χ0) is 8.97. The molecule has 1 rings (SSSR count). The van der Waals surface area contributed by atoms with Gasteiger partial charge in [-0.15, -0.1) is 0 Å². The molecule has 0 saturated carbocycles. The lowest BCUT2D eigenvalue weighted by molar-refractivity contribution is 0.0269. The van der Waals surface area contributed by atoms with Gasteiger partial charge in [0.25, 0.3) is 0 Å². The van der Waals surface area contributed by atoms with Crippen LogP contribution in [0.1, 0.15) is 6.92 Å². The first-order chi connectivity index (χ1) is 5.68. The van der Waals surface area contributed by atoms with Crippen molar-refractivity contribution in [3.8, 4) is 0 Å². The molecule has 1 aliphatic heterocycles. The first-order valence-corrected chi connectivity index (χ1v) is 3.84. The first kappa shape index (κ1) is 9.28. The van der Waals surface area contributed by atoms with E-state index in [0.29, 0.717) is 13.2 Å². The lowest BCUT2D eigenvalue weighted by Gasteiger charge is -2.10. The summed E-state index contributed by atoms with van der Waals surface area (Å²) in [5.74, 6) is 0. The number of primary amides is 1. The van der Waals surface area contributed by atoms with Crippen molar-refractivity contribution in [2.75, 3.05) is 19.8 Å². The fraction of sp³-hybridized carbons (Fsp3) is 0.857. The van der Waals surface area contributed by atoms with E-state index < -0.39 is 6.09 Å². The van der Waals surface area contributed by atoms with Gasteiger partial charge in [0.2, 0.25) is 0 Å². The molecule has 0 radical (unpaired) electrons. The molecule has 0 spiro atoms. The molecule has 2 unspecified atom stereocenters. The summed E-state index contributed by atoms with van der Waals surface area (Å²) in [5.41, 5.74) is 4.80. The Morgan fingerprint density at radius 1 is 1.83 bits per heavy atom. The molecule has 1 amide bonds. The molecule has 1 saturated heterocycles. The second-order valence-electron chi connectivity index (χ2n) is 2.74. The highest BCUT2D eigenvalue weighted by Gasteiger charge is 2.22. The quantitative estimate of drug-likeness (QED) is 0.591. The van der Waals surface area contributed by atoms with Gasteiger partial charge < -0.3 is 19.9 Å². The summed E-state index contributed by atoms with van der Waals surface area (Å²) in [4.78, 5) is 10.2. The number of carbonyl (C=O) groups is 1. The standard InChI is InChI=1S/C7H13NO4/c1-5(12-7(8)9)2-10-3-6-4-11-6/h5-6H,2-4H2,1H3,(H2,8,9). The minimum Gasteiger partial charge on any atom is -0.444 e. The Balaban J connectivity index is 1.93. The van der Waals surface area contributed by atoms with Gasteiger partial charge in [0.1, 0.15) is 12.2 Å². The van der Waals surface area contributed by atoms with Crippen molar-refractivity contribution in [3.63, 3.8) is 0 Å². The number of carbonyl (C=O) groups excluding carboxylic acids is 1. The van der Waals surface area contributed by atoms with E-state index in [1.54, 1.807) is 6.92 Å². The van der Waals surface area contributed by atoms with Crippen LogP contribution in [-0.4, -0.2) is 38.1 Å². The summed E-state index contributed by atoms with van der Waals surface area (Å²) in [7, 11) is 0. The number of hydrogen-bond donors (Lipinski definition) is 1. The van der Waals surface area contributed by atoms with E-state index in [1.807, 2.05) is 0 Å². The summed E-state index contributed by atoms with van der Waals surface area (Å²) >= 11 is 0. The maximum atomic E-state index is 10.2. The van der Waals surface area contributed by atoms with Gasteiger partial charge in [-0.25, -0.2) is 4.79 Å². The third-order valence-electron chi connectivity index (χ3n) is 1.38. The van der Waals surface area contributed by atoms with E-state index in [9.17, 15) is 4.79 Å². The molecule has 0 aromatic carbocycles. The van der Waals surface area contributed by atoms with Crippen molar-refractivity contribution in [1.29, 1.82) is 0 Å². The van der Waals surface area contributed by atoms with Gasteiger partial charge in [-0.3, -0.25) is 0 Å². The number of amides is 1. The lowest BCUT2D eigenvalue weighted by atomic mass is 10.4. The van der Waals surface area contributed by atoms with Gasteiger partial charge in [0.05, 0.1) is 19.8 Å². The Bertz CT molecular complexity index is 157. The van der Waals surface area contributed by atoms with Crippen LogP contribution in [0.3, 0.4) is 0 Å². The largest absolute Gasteiger partial charge is 0.444 e. The summed E-state index contributed by atoms with van der Waals surface area (Å²) in [6.07, 6.45) is -0.819. The number of epoxide rings is 1. The molecule has 12 heavy (non-hydrogen) atoms. The molecule has 1 fully saturated rings. The van der Waals surface area contributed by atoms with Crippen LogP contribution in [0.4, 0.5) is 4.79 Å². The van der Waals surface area contributed by atoms with Crippen molar-refractivity contribution in [2.45, 2.75) is 19.1 Å². The maximum absolute atomic E-state index is 10.2. The predicted octanol–water partition coefficient (Wildman–Crippen LogP) is -0.114. The van der Waals surface area contributed by atoms with Crippen molar-refractivity contribution in [2.24, 2.45) is 5.73 Å². The van der Waals surface area contributed by atoms with Crippen LogP contribution < -0.4 is 5.73 Å². The normalized spacial score (nSPS) is 23.2. The molecular weight excluding hydrogens is 162 g/mol. The van der Waals surface area contributed by atoms with Crippen molar-refractivity contribution in [3.05, 3.63) is 0 Å². The second-order valence-corrected chi connectivity index (χ2v) is 2.74. The lowest BCUT2D eigenvalue weighted by Crippen LogP contribution is -2.24. The first-order valence-electron chi connectivity index (χ1n) is 3.84. The van der Waals surface area contributed by atoms with Crippen molar-refractivity contribution in [1.82, 2.24) is 0 Å². The molecule has 1 heterocycles. The van der Waals surface area contributed by atoms with E-state index in [4.69, 9.17) is 15.2 Å². The Kier molecular flexibility index (Phi) is 3.31. The molecule has 0 bridgehead atoms. The highest BCUT2D eigenvalue weighted by Crippen LogP contribution is 2.08. The highest BCUT2D eigenvalue weighted by atomic mass is 16.6. The average molecular weight is 175 g/mol. The minimum atomic E-state index is -0.770. The fourth-order valence-electron chi connectivity index (χ4n) is 0.762. The Morgan fingerprint density at radius 3 is 3.00 bits per heavy atom. The second kappa shape index (κ2) is 4.27. The third kappa shape index (κ3) is 4.15. The van der Waals surface area contributed by atoms with Gasteiger partial charge in [0, 0.05) is 0 Å². The molecular formula is C7H13NO4. The summed E-state index contributed by atoms with van der Waals surface area (Å²) in [5, 5.41) is 0. The SMILES string of the molecule is CC(COCC1CO1)OC(N)=O. The fourth-order valence-corrected chi connectivity index (χ4v) is 0.762. The molecule has 2 N–H and O–H groups in total. The van der Waals surface area contributed by atoms with Crippen LogP contribution >= 0.6 is 0 Å². The van der Waals surface area contributed by atoms with Gasteiger partial charge in [-0.2, -0.15) is 0 Å². The van der Waals surface area contributed by atoms with E-state index in [-0.39, 0.29) is 12.2 Å². The van der Waals surface area contributed by atoms with Gasteiger partial charge in [0.15, 0.2) is 0 Å². The topological polar surface area (TPSA) is 74.1 Å². The molecule has 70 valence electrons. The van der Waals surface area contributed by atoms with Crippen LogP contribution in [0.15, 0.2) is 0 Å². The van der Waals surface area contributed by atoms with E-state index in [0.717, 1.165) is 6.61 Å². The van der Waals surface area contributed by atoms with Gasteiger partial charge in [-0.1, -0.05) is 0 Å². The highest BCUT2D eigenvalue weighted by molar-refractivity contribution is 5.64. The van der Waals surface area contributed by atoms with Gasteiger partial charge >= 0.3 is 6.09 Å². The predicted molar refractivity (Wildman–Crippen MR) is 40.7 cm³/mol. The van der Waals surface area contributed by atoms with E-state index in [1.165, 1.54) is 0 Å². The summed E-state index contributed by atoms with van der Waals surface area (Å²) in [6, 6.07) is 0. The Morgan fingerprint density at radius 2 is 2.50 bits per heavy atom. The van der Waals surface area contributed by atoms with Crippen LogP contribution in [0.2, 0.25) is 0 Å². The van der Waals surface area contributed by atoms with Crippen LogP contribution in [-0.2, 0) is 14.2 Å². The molecule has 0 aromatic heterocycles. The van der Waals surface area contributed by atoms with Gasteiger partial charge in [-0.05, 0) is 6.92 Å². The van der Waals surface area contributed by atoms with E-state index in [2.05, 4.69) is 4.74 Å². The molecule has 5 nitrogen and oxygen atoms in total. The molecule has 0 aliphatic carbocycles. The molecule has 5 heteroatoms. The van der Waals surface area contributed by atoms with Crippen LogP contribution in [0.5, 0.6) is 0 Å². The average Bonchev–Trinajstić information content (AvgIpc) is 2.69. The van der Waals surface area contributed by atoms with Crippen molar-refractivity contribution < 1.29 is 19.0 Å². The molecule has 1 aliphatic rings. The number of hydrogen-bond acceptors (Lipinski definition) is 4. The smallest absolute Gasteiger partial charge is 0.404 e. The van der Waals surface area contributed by atoms with E-state index >= 15 is 0 Å². The third-order valence-corrected chi connectivity index (χ3v) is 1.38. The minimum absolute atomic E-state index is 0.241. The number of ether oxygens (including phenoxy) is 3. The zero-order valence-electron chi connectivity index (χ0n) is 6.99. The molecule has 0 aromatic rings. The molecule has 2 atom stereocenters. The Labute approximate surface area is 70.8 Å². The number of nitrogens with two attached hydrogens (primary N) is 1. The monoisotopic (exact) mass is 175 g/mol. The van der Waals surface area contributed by atoms with Crippen LogP contribution in [0.25, 0.3) is 0 Å². The van der Waals surface area contributed by atoms with Crippen LogP contribution in [0, 0.1) is 0 Å². The summed E-state index contributed by atoms with van der Waals surface area (Å²) in [6.45, 7) is 3.42.